The van der Waals surface area contributed by atoms with Crippen LogP contribution in [0.2, 0.25) is 0 Å². The topological polar surface area (TPSA) is 46.2 Å². The Hall–Kier alpha value is -1.62. The van der Waals surface area contributed by atoms with Gasteiger partial charge in [0.15, 0.2) is 0 Å². The van der Waals surface area contributed by atoms with E-state index in [0.29, 0.717) is 0 Å². The fourth-order valence-corrected chi connectivity index (χ4v) is 1.32. The first kappa shape index (κ1) is 26.4. The molecule has 1 radical (unpaired) electrons. The number of carbonyl (C=O) groups excluding carboxylic acids is 1. The van der Waals surface area contributed by atoms with Gasteiger partial charge in [0.25, 0.3) is 0 Å². The molecule has 167 valence electrons. The lowest BCUT2D eigenvalue weighted by Gasteiger charge is -2.40. The smallest absolute Gasteiger partial charge is 0.458 e. The number of halogens is 15. The van der Waals surface area contributed by atoms with Crippen LogP contribution in [0.3, 0.4) is 0 Å². The van der Waals surface area contributed by atoms with Crippen molar-refractivity contribution >= 4 is 5.97 Å². The van der Waals surface area contributed by atoms with Crippen LogP contribution in [0.4, 0.5) is 65.9 Å². The van der Waals surface area contributed by atoms with Crippen molar-refractivity contribution in [3.05, 3.63) is 0 Å². The summed E-state index contributed by atoms with van der Waals surface area (Å²) in [5.74, 6) is -52.3. The lowest BCUT2D eigenvalue weighted by molar-refractivity contribution is -0.450. The van der Waals surface area contributed by atoms with Crippen LogP contribution in [0.25, 0.3) is 0 Å². The molecular formula is C10H4F15O3. The van der Waals surface area contributed by atoms with Gasteiger partial charge in [0.05, 0.1) is 0 Å². The molecule has 0 spiro atoms. The van der Waals surface area contributed by atoms with Gasteiger partial charge in [-0.2, -0.15) is 65.9 Å². The van der Waals surface area contributed by atoms with Crippen LogP contribution in [-0.2, 0) is 14.6 Å². The molecule has 0 unspecified atom stereocenters. The molecule has 0 bridgehead atoms. The fourth-order valence-electron chi connectivity index (χ4n) is 1.32. The summed E-state index contributed by atoms with van der Waals surface area (Å²) < 4.78 is 194. The molecule has 0 aromatic carbocycles. The van der Waals surface area contributed by atoms with Crippen molar-refractivity contribution in [1.29, 1.82) is 0 Å². The Balaban J connectivity index is 6.43. The van der Waals surface area contributed by atoms with Crippen LogP contribution in [0.1, 0.15) is 0 Å². The predicted molar refractivity (Wildman–Crippen MR) is 52.2 cm³/mol. The van der Waals surface area contributed by atoms with E-state index in [1.54, 1.807) is 0 Å². The van der Waals surface area contributed by atoms with Crippen molar-refractivity contribution in [3.63, 3.8) is 0 Å². The molecule has 0 amide bonds. The van der Waals surface area contributed by atoms with Crippen molar-refractivity contribution < 1.29 is 80.5 Å². The van der Waals surface area contributed by atoms with E-state index < -0.39 is 60.9 Å². The Morgan fingerprint density at radius 2 is 0.893 bits per heavy atom. The highest BCUT2D eigenvalue weighted by Gasteiger charge is 2.94. The maximum absolute atomic E-state index is 13.1. The molecule has 0 saturated heterocycles. The van der Waals surface area contributed by atoms with Gasteiger partial charge in [0.2, 0.25) is 0 Å². The summed E-state index contributed by atoms with van der Waals surface area (Å²) in [5, 5.41) is 9.84. The summed E-state index contributed by atoms with van der Waals surface area (Å²) in [6.45, 7) is -3.38. The third-order valence-corrected chi connectivity index (χ3v) is 2.90. The summed E-state index contributed by atoms with van der Waals surface area (Å²) in [7, 11) is 0. The van der Waals surface area contributed by atoms with Gasteiger partial charge in [-0.25, -0.2) is 9.90 Å². The van der Waals surface area contributed by atoms with Gasteiger partial charge in [-0.3, -0.25) is 0 Å². The highest BCUT2D eigenvalue weighted by molar-refractivity contribution is 5.79. The van der Waals surface area contributed by atoms with Crippen LogP contribution in [0.5, 0.6) is 0 Å². The standard InChI is InChI=1S/C10H4F15O3/c11-4(12,3(27)28-2-1-26)5(13,14)6(15,16)7(17,18)8(19,20)9(21,22)10(23,24)25/h1-2H2. The number of hydrogen-bond donors (Lipinski definition) is 0. The van der Waals surface area contributed by atoms with E-state index in [9.17, 15) is 75.8 Å². The maximum Gasteiger partial charge on any atom is 0.460 e. The maximum atomic E-state index is 13.1. The molecule has 0 aliphatic rings. The third kappa shape index (κ3) is 3.42. The Bertz CT molecular complexity index is 579. The minimum atomic E-state index is -8.48. The largest absolute Gasteiger partial charge is 0.460 e. The van der Waals surface area contributed by atoms with Gasteiger partial charge >= 0.3 is 47.7 Å². The van der Waals surface area contributed by atoms with Gasteiger partial charge < -0.3 is 4.74 Å². The molecule has 3 nitrogen and oxygen atoms in total. The SMILES string of the molecule is [O]CCOC(=O)C(F)(F)C(F)(F)C(F)(F)C(F)(F)C(F)(F)C(F)(F)C(F)(F)F. The van der Waals surface area contributed by atoms with Crippen LogP contribution < -0.4 is 0 Å². The van der Waals surface area contributed by atoms with E-state index in [-0.39, 0.29) is 0 Å². The van der Waals surface area contributed by atoms with E-state index in [2.05, 4.69) is 4.74 Å². The summed E-state index contributed by atoms with van der Waals surface area (Å²) in [6.07, 6.45) is -7.71. The summed E-state index contributed by atoms with van der Waals surface area (Å²) in [4.78, 5) is 10.6. The fraction of sp³-hybridized carbons (Fsp3) is 0.900. The molecule has 0 heterocycles. The zero-order valence-corrected chi connectivity index (χ0v) is 12.3. The highest BCUT2D eigenvalue weighted by atomic mass is 19.4. The lowest BCUT2D eigenvalue weighted by atomic mass is 9.91. The average Bonchev–Trinajstić information content (AvgIpc) is 2.50. The second-order valence-electron chi connectivity index (χ2n) is 4.78. The zero-order valence-electron chi connectivity index (χ0n) is 12.3. The predicted octanol–water partition coefficient (Wildman–Crippen LogP) is 4.33. The second-order valence-corrected chi connectivity index (χ2v) is 4.78. The van der Waals surface area contributed by atoms with Gasteiger partial charge in [-0.15, -0.1) is 0 Å². The molecule has 18 heteroatoms. The molecule has 0 aliphatic carbocycles. The number of rotatable bonds is 8. The van der Waals surface area contributed by atoms with E-state index in [4.69, 9.17) is 0 Å². The highest BCUT2D eigenvalue weighted by Crippen LogP contribution is 2.62. The molecule has 0 aromatic rings. The molecule has 0 fully saturated rings. The first-order valence-electron chi connectivity index (χ1n) is 6.07. The Labute approximate surface area is 143 Å². The summed E-state index contributed by atoms with van der Waals surface area (Å²) >= 11 is 0. The minimum absolute atomic E-state index is 1.66. The van der Waals surface area contributed by atoms with E-state index in [1.807, 2.05) is 0 Å². The van der Waals surface area contributed by atoms with E-state index in [0.717, 1.165) is 0 Å². The third-order valence-electron chi connectivity index (χ3n) is 2.90. The Morgan fingerprint density at radius 1 is 0.571 bits per heavy atom. The Kier molecular flexibility index (Phi) is 6.61. The van der Waals surface area contributed by atoms with Crippen molar-refractivity contribution in [3.8, 4) is 0 Å². The van der Waals surface area contributed by atoms with Crippen molar-refractivity contribution in [2.24, 2.45) is 0 Å². The quantitative estimate of drug-likeness (QED) is 0.403. The normalized spacial score (nSPS) is 15.6. The Morgan fingerprint density at radius 3 is 1.21 bits per heavy atom. The van der Waals surface area contributed by atoms with Crippen molar-refractivity contribution in [2.45, 2.75) is 41.7 Å². The van der Waals surface area contributed by atoms with Gasteiger partial charge in [0, 0.05) is 0 Å². The number of esters is 1. The molecule has 0 rings (SSSR count). The van der Waals surface area contributed by atoms with Crippen molar-refractivity contribution in [1.82, 2.24) is 0 Å². The zero-order chi connectivity index (χ0) is 23.2. The number of ether oxygens (including phenoxy) is 1. The van der Waals surface area contributed by atoms with Crippen molar-refractivity contribution in [2.75, 3.05) is 13.2 Å². The van der Waals surface area contributed by atoms with Gasteiger partial charge in [-0.05, 0) is 0 Å². The molecule has 0 atom stereocenters. The molecular weight excluding hydrogens is 453 g/mol. The first-order chi connectivity index (χ1) is 12.0. The number of alkyl halides is 15. The molecule has 28 heavy (non-hydrogen) atoms. The summed E-state index contributed by atoms with van der Waals surface area (Å²) in [5.41, 5.74) is 0. The van der Waals surface area contributed by atoms with Gasteiger partial charge in [-0.1, -0.05) is 0 Å². The van der Waals surface area contributed by atoms with E-state index >= 15 is 0 Å². The average molecular weight is 457 g/mol. The monoisotopic (exact) mass is 457 g/mol. The lowest BCUT2D eigenvalue weighted by Crippen LogP contribution is -2.73. The minimum Gasteiger partial charge on any atom is -0.458 e. The summed E-state index contributed by atoms with van der Waals surface area (Å²) in [6, 6.07) is 0. The van der Waals surface area contributed by atoms with Gasteiger partial charge in [0.1, 0.15) is 13.2 Å². The van der Waals surface area contributed by atoms with E-state index in [1.165, 1.54) is 0 Å². The second kappa shape index (κ2) is 7.01. The number of carbonyl (C=O) groups is 1. The first-order valence-corrected chi connectivity index (χ1v) is 6.07. The van der Waals surface area contributed by atoms with Crippen LogP contribution in [-0.4, -0.2) is 60.9 Å². The molecule has 0 aromatic heterocycles. The molecule has 0 saturated carbocycles. The molecule has 0 aliphatic heterocycles. The van der Waals surface area contributed by atoms with Crippen LogP contribution >= 0.6 is 0 Å². The van der Waals surface area contributed by atoms with Crippen LogP contribution in [0, 0.1) is 0 Å². The molecule has 0 N–H and O–H groups in total. The van der Waals surface area contributed by atoms with Crippen LogP contribution in [0.15, 0.2) is 0 Å². The number of hydrogen-bond acceptors (Lipinski definition) is 2.